The van der Waals surface area contributed by atoms with Crippen LogP contribution in [0.15, 0.2) is 35.9 Å². The molecule has 0 bridgehead atoms. The first-order valence-corrected chi connectivity index (χ1v) is 5.21. The van der Waals surface area contributed by atoms with E-state index in [1.165, 1.54) is 12.0 Å². The average molecular weight is 204 g/mol. The predicted octanol–water partition coefficient (Wildman–Crippen LogP) is 3.10. The number of rotatable bonds is 4. The Morgan fingerprint density at radius 1 is 1.20 bits per heavy atom. The summed E-state index contributed by atoms with van der Waals surface area (Å²) in [6.45, 7) is 0. The summed E-state index contributed by atoms with van der Waals surface area (Å²) in [5.74, 6) is 0.900. The summed E-state index contributed by atoms with van der Waals surface area (Å²) in [5.41, 5.74) is 2.48. The van der Waals surface area contributed by atoms with Crippen molar-refractivity contribution < 1.29 is 9.47 Å². The quantitative estimate of drug-likeness (QED) is 0.702. The van der Waals surface area contributed by atoms with Gasteiger partial charge in [-0.2, -0.15) is 0 Å². The summed E-state index contributed by atoms with van der Waals surface area (Å²) in [6.07, 6.45) is 4.61. The van der Waals surface area contributed by atoms with Crippen molar-refractivity contribution in [1.29, 1.82) is 0 Å². The van der Waals surface area contributed by atoms with E-state index in [0.717, 1.165) is 17.7 Å². The van der Waals surface area contributed by atoms with Gasteiger partial charge in [0.1, 0.15) is 11.9 Å². The number of hydrogen-bond acceptors (Lipinski definition) is 2. The van der Waals surface area contributed by atoms with Crippen LogP contribution in [-0.2, 0) is 4.74 Å². The molecule has 1 atom stereocenters. The van der Waals surface area contributed by atoms with Crippen molar-refractivity contribution in [2.75, 3.05) is 14.2 Å². The van der Waals surface area contributed by atoms with Gasteiger partial charge in [-0.05, 0) is 24.5 Å². The number of benzene rings is 1. The molecule has 0 N–H and O–H groups in total. The zero-order chi connectivity index (χ0) is 10.7. The fraction of sp³-hybridized carbons (Fsp3) is 0.385. The number of hydrogen-bond donors (Lipinski definition) is 0. The zero-order valence-corrected chi connectivity index (χ0v) is 9.19. The van der Waals surface area contributed by atoms with E-state index in [1.807, 2.05) is 18.2 Å². The fourth-order valence-electron chi connectivity index (χ4n) is 1.91. The molecule has 0 aromatic heterocycles. The number of allylic oxidation sites excluding steroid dienone is 1. The molecule has 0 spiro atoms. The van der Waals surface area contributed by atoms with Crippen LogP contribution in [0, 0.1) is 0 Å². The van der Waals surface area contributed by atoms with Crippen LogP contribution in [0.2, 0.25) is 0 Å². The van der Waals surface area contributed by atoms with Gasteiger partial charge in [-0.25, -0.2) is 0 Å². The molecule has 1 aromatic carbocycles. The maximum Gasteiger partial charge on any atom is 0.125 e. The number of ether oxygens (including phenoxy) is 2. The second-order valence-corrected chi connectivity index (χ2v) is 3.68. The monoisotopic (exact) mass is 204 g/mol. The normalized spacial score (nSPS) is 16.5. The van der Waals surface area contributed by atoms with E-state index in [4.69, 9.17) is 9.47 Å². The minimum Gasteiger partial charge on any atom is -0.496 e. The largest absolute Gasteiger partial charge is 0.496 e. The van der Waals surface area contributed by atoms with Crippen LogP contribution in [0.3, 0.4) is 0 Å². The molecule has 0 aliphatic heterocycles. The van der Waals surface area contributed by atoms with E-state index in [0.29, 0.717) is 0 Å². The van der Waals surface area contributed by atoms with Crippen molar-refractivity contribution in [3.63, 3.8) is 0 Å². The van der Waals surface area contributed by atoms with Gasteiger partial charge < -0.3 is 9.47 Å². The standard InChI is InChI=1S/C13H16O2/c1-14-12-9-4-3-8-11(12)13(15-2)10-6-5-7-10/h3-4,6,8-9,13H,5,7H2,1-2H3. The smallest absolute Gasteiger partial charge is 0.125 e. The third-order valence-corrected chi connectivity index (χ3v) is 2.83. The SMILES string of the molecule is COc1ccccc1C(OC)C1=CCC1. The van der Waals surface area contributed by atoms with E-state index in [1.54, 1.807) is 14.2 Å². The predicted molar refractivity (Wildman–Crippen MR) is 60.1 cm³/mol. The van der Waals surface area contributed by atoms with Crippen molar-refractivity contribution >= 4 is 0 Å². The van der Waals surface area contributed by atoms with E-state index >= 15 is 0 Å². The zero-order valence-electron chi connectivity index (χ0n) is 9.19. The molecule has 1 aliphatic rings. The first-order valence-electron chi connectivity index (χ1n) is 5.21. The Hall–Kier alpha value is -1.28. The van der Waals surface area contributed by atoms with Crippen molar-refractivity contribution in [2.45, 2.75) is 18.9 Å². The van der Waals surface area contributed by atoms with Gasteiger partial charge in [-0.3, -0.25) is 0 Å². The maximum absolute atomic E-state index is 5.53. The Balaban J connectivity index is 2.33. The van der Waals surface area contributed by atoms with Gasteiger partial charge >= 0.3 is 0 Å². The molecular weight excluding hydrogens is 188 g/mol. The van der Waals surface area contributed by atoms with Crippen LogP contribution in [0.4, 0.5) is 0 Å². The Morgan fingerprint density at radius 3 is 2.47 bits per heavy atom. The number of para-hydroxylation sites is 1. The molecule has 1 aliphatic carbocycles. The first kappa shape index (κ1) is 10.2. The Kier molecular flexibility index (Phi) is 3.07. The molecule has 0 radical (unpaired) electrons. The van der Waals surface area contributed by atoms with Gasteiger partial charge in [-0.15, -0.1) is 0 Å². The van der Waals surface area contributed by atoms with Gasteiger partial charge in [-0.1, -0.05) is 24.3 Å². The second kappa shape index (κ2) is 4.49. The Labute approximate surface area is 90.5 Å². The van der Waals surface area contributed by atoms with Gasteiger partial charge in [0.25, 0.3) is 0 Å². The molecule has 0 amide bonds. The number of methoxy groups -OCH3 is 2. The highest BCUT2D eigenvalue weighted by molar-refractivity contribution is 5.40. The van der Waals surface area contributed by atoms with Crippen molar-refractivity contribution in [2.24, 2.45) is 0 Å². The summed E-state index contributed by atoms with van der Waals surface area (Å²) in [5, 5.41) is 0. The molecule has 2 nitrogen and oxygen atoms in total. The molecule has 80 valence electrons. The fourth-order valence-corrected chi connectivity index (χ4v) is 1.91. The topological polar surface area (TPSA) is 18.5 Å². The highest BCUT2D eigenvalue weighted by Gasteiger charge is 2.22. The van der Waals surface area contributed by atoms with Gasteiger partial charge in [0.05, 0.1) is 7.11 Å². The lowest BCUT2D eigenvalue weighted by Crippen LogP contribution is -2.10. The minimum absolute atomic E-state index is 0.0647. The average Bonchev–Trinajstić information content (AvgIpc) is 2.23. The molecule has 0 saturated heterocycles. The summed E-state index contributed by atoms with van der Waals surface area (Å²) >= 11 is 0. The third kappa shape index (κ3) is 1.90. The molecule has 2 heteroatoms. The molecule has 0 heterocycles. The lowest BCUT2D eigenvalue weighted by molar-refractivity contribution is 0.124. The summed E-state index contributed by atoms with van der Waals surface area (Å²) < 4.78 is 10.9. The third-order valence-electron chi connectivity index (χ3n) is 2.83. The van der Waals surface area contributed by atoms with E-state index in [2.05, 4.69) is 12.1 Å². The second-order valence-electron chi connectivity index (χ2n) is 3.68. The highest BCUT2D eigenvalue weighted by Crippen LogP contribution is 2.37. The molecule has 0 saturated carbocycles. The molecule has 1 aromatic rings. The Morgan fingerprint density at radius 2 is 1.93 bits per heavy atom. The van der Waals surface area contributed by atoms with Crippen LogP contribution in [0.1, 0.15) is 24.5 Å². The molecule has 1 unspecified atom stereocenters. The van der Waals surface area contributed by atoms with Crippen LogP contribution in [0.5, 0.6) is 5.75 Å². The summed E-state index contributed by atoms with van der Waals surface area (Å²) in [7, 11) is 3.44. The van der Waals surface area contributed by atoms with Crippen LogP contribution in [0.25, 0.3) is 0 Å². The van der Waals surface area contributed by atoms with Gasteiger partial charge in [0, 0.05) is 12.7 Å². The lowest BCUT2D eigenvalue weighted by Gasteiger charge is -2.25. The first-order chi connectivity index (χ1) is 7.36. The molecule has 2 rings (SSSR count). The molecule has 0 fully saturated rings. The highest BCUT2D eigenvalue weighted by atomic mass is 16.5. The van der Waals surface area contributed by atoms with Crippen LogP contribution in [-0.4, -0.2) is 14.2 Å². The molecule has 15 heavy (non-hydrogen) atoms. The Bertz CT molecular complexity index is 369. The van der Waals surface area contributed by atoms with E-state index in [9.17, 15) is 0 Å². The van der Waals surface area contributed by atoms with E-state index < -0.39 is 0 Å². The summed E-state index contributed by atoms with van der Waals surface area (Å²) in [4.78, 5) is 0. The van der Waals surface area contributed by atoms with Crippen molar-refractivity contribution in [3.8, 4) is 5.75 Å². The lowest BCUT2D eigenvalue weighted by atomic mass is 9.89. The van der Waals surface area contributed by atoms with E-state index in [-0.39, 0.29) is 6.10 Å². The van der Waals surface area contributed by atoms with Crippen LogP contribution < -0.4 is 4.74 Å². The van der Waals surface area contributed by atoms with Gasteiger partial charge in [0.15, 0.2) is 0 Å². The maximum atomic E-state index is 5.53. The van der Waals surface area contributed by atoms with Crippen molar-refractivity contribution in [3.05, 3.63) is 41.5 Å². The minimum atomic E-state index is 0.0647. The molecular formula is C13H16O2. The summed E-state index contributed by atoms with van der Waals surface area (Å²) in [6, 6.07) is 8.03. The van der Waals surface area contributed by atoms with Gasteiger partial charge in [0.2, 0.25) is 0 Å². The van der Waals surface area contributed by atoms with Crippen LogP contribution >= 0.6 is 0 Å². The van der Waals surface area contributed by atoms with Crippen molar-refractivity contribution in [1.82, 2.24) is 0 Å².